The number of primary amides is 1. The zero-order valence-electron chi connectivity index (χ0n) is 17.5. The summed E-state index contributed by atoms with van der Waals surface area (Å²) < 4.78 is 61.0. The maximum Gasteiger partial charge on any atom is 0.573 e. The molecule has 6 nitrogen and oxygen atoms in total. The third kappa shape index (κ3) is 4.80. The van der Waals surface area contributed by atoms with Crippen molar-refractivity contribution in [3.8, 4) is 17.2 Å². The van der Waals surface area contributed by atoms with Gasteiger partial charge in [-0.05, 0) is 61.4 Å². The molecule has 176 valence electrons. The predicted octanol–water partition coefficient (Wildman–Crippen LogP) is 5.45. The number of nitrogens with zero attached hydrogens (tertiary/aromatic N) is 1. The maximum absolute atomic E-state index is 13.6. The van der Waals surface area contributed by atoms with Crippen molar-refractivity contribution in [1.29, 1.82) is 0 Å². The first-order valence-electron chi connectivity index (χ1n) is 10.1. The Kier molecular flexibility index (Phi) is 5.90. The van der Waals surface area contributed by atoms with Crippen LogP contribution >= 0.6 is 0 Å². The highest BCUT2D eigenvalue weighted by Gasteiger charge is 2.57. The molecule has 0 spiro atoms. The standard InChI is InChI=1S/C24H18F4N2O4/c25-15-8-10-16(11-9-15)30(22(32)23(12-13-23)21(29)31)19-6-1-2-7-20(19)33-17-4-3-5-18(14-17)34-24(26,27)28/h1-11,14H,12-13H2,(H2,29,31). The number of amides is 2. The van der Waals surface area contributed by atoms with Crippen LogP contribution in [-0.2, 0) is 9.59 Å². The van der Waals surface area contributed by atoms with Gasteiger partial charge in [0.05, 0.1) is 5.69 Å². The molecule has 4 rings (SSSR count). The van der Waals surface area contributed by atoms with Crippen molar-refractivity contribution in [2.24, 2.45) is 11.1 Å². The summed E-state index contributed by atoms with van der Waals surface area (Å²) in [5.41, 5.74) is 4.54. The molecule has 1 aliphatic carbocycles. The highest BCUT2D eigenvalue weighted by molar-refractivity contribution is 6.17. The topological polar surface area (TPSA) is 81.9 Å². The highest BCUT2D eigenvalue weighted by atomic mass is 19.4. The second-order valence-corrected chi connectivity index (χ2v) is 7.66. The summed E-state index contributed by atoms with van der Waals surface area (Å²) in [6.07, 6.45) is -4.35. The van der Waals surface area contributed by atoms with Crippen LogP contribution in [0.15, 0.2) is 72.8 Å². The molecule has 1 fully saturated rings. The first-order valence-corrected chi connectivity index (χ1v) is 10.1. The molecule has 3 aromatic rings. The Hall–Kier alpha value is -4.08. The molecular formula is C24H18F4N2O4. The largest absolute Gasteiger partial charge is 0.573 e. The Morgan fingerprint density at radius 3 is 2.18 bits per heavy atom. The van der Waals surface area contributed by atoms with Crippen LogP contribution in [0.4, 0.5) is 28.9 Å². The first-order chi connectivity index (χ1) is 16.1. The van der Waals surface area contributed by atoms with E-state index in [1.54, 1.807) is 12.1 Å². The zero-order chi connectivity index (χ0) is 24.5. The summed E-state index contributed by atoms with van der Waals surface area (Å²) in [5, 5.41) is 0. The van der Waals surface area contributed by atoms with E-state index in [4.69, 9.17) is 10.5 Å². The minimum atomic E-state index is -4.88. The summed E-state index contributed by atoms with van der Waals surface area (Å²) in [4.78, 5) is 26.7. The van der Waals surface area contributed by atoms with Gasteiger partial charge < -0.3 is 15.2 Å². The molecule has 2 amide bonds. The monoisotopic (exact) mass is 474 g/mol. The maximum atomic E-state index is 13.6. The molecule has 1 aliphatic rings. The summed E-state index contributed by atoms with van der Waals surface area (Å²) in [5.74, 6) is -2.30. The average Bonchev–Trinajstić information content (AvgIpc) is 3.58. The molecule has 0 radical (unpaired) electrons. The molecule has 34 heavy (non-hydrogen) atoms. The Morgan fingerprint density at radius 1 is 0.912 bits per heavy atom. The first kappa shape index (κ1) is 23.1. The van der Waals surface area contributed by atoms with Gasteiger partial charge in [0, 0.05) is 11.8 Å². The van der Waals surface area contributed by atoms with Crippen molar-refractivity contribution < 1.29 is 36.6 Å². The van der Waals surface area contributed by atoms with E-state index < -0.39 is 35.2 Å². The number of nitrogens with two attached hydrogens (primary N) is 1. The molecule has 0 atom stereocenters. The quantitative estimate of drug-likeness (QED) is 0.365. The summed E-state index contributed by atoms with van der Waals surface area (Å²) in [7, 11) is 0. The Morgan fingerprint density at radius 2 is 1.56 bits per heavy atom. The van der Waals surface area contributed by atoms with E-state index in [1.807, 2.05) is 0 Å². The number of ether oxygens (including phenoxy) is 2. The van der Waals surface area contributed by atoms with Crippen LogP contribution in [-0.4, -0.2) is 18.2 Å². The fourth-order valence-electron chi connectivity index (χ4n) is 3.45. The van der Waals surface area contributed by atoms with Gasteiger partial charge in [-0.25, -0.2) is 4.39 Å². The van der Waals surface area contributed by atoms with Crippen LogP contribution in [0.25, 0.3) is 0 Å². The number of hydrogen-bond acceptors (Lipinski definition) is 4. The van der Waals surface area contributed by atoms with Gasteiger partial charge in [0.25, 0.3) is 0 Å². The SMILES string of the molecule is NC(=O)C1(C(=O)N(c2ccc(F)cc2)c2ccccc2Oc2cccc(OC(F)(F)F)c2)CC1. The van der Waals surface area contributed by atoms with E-state index in [1.165, 1.54) is 41.3 Å². The van der Waals surface area contributed by atoms with Crippen LogP contribution < -0.4 is 20.1 Å². The third-order valence-electron chi connectivity index (χ3n) is 5.29. The Labute approximate surface area is 191 Å². The lowest BCUT2D eigenvalue weighted by Gasteiger charge is -2.28. The minimum absolute atomic E-state index is 0.0109. The molecule has 0 bridgehead atoms. The van der Waals surface area contributed by atoms with Gasteiger partial charge in [0.2, 0.25) is 11.8 Å². The van der Waals surface area contributed by atoms with E-state index in [9.17, 15) is 27.2 Å². The number of para-hydroxylation sites is 2. The lowest BCUT2D eigenvalue weighted by molar-refractivity contribution is -0.274. The number of hydrogen-bond donors (Lipinski definition) is 1. The molecular weight excluding hydrogens is 456 g/mol. The number of benzene rings is 3. The molecule has 2 N–H and O–H groups in total. The van der Waals surface area contributed by atoms with Gasteiger partial charge in [-0.1, -0.05) is 18.2 Å². The van der Waals surface area contributed by atoms with Crippen LogP contribution in [0.3, 0.4) is 0 Å². The molecule has 0 aromatic heterocycles. The molecule has 3 aromatic carbocycles. The molecule has 0 aliphatic heterocycles. The lowest BCUT2D eigenvalue weighted by Crippen LogP contribution is -2.41. The van der Waals surface area contributed by atoms with Gasteiger partial charge in [0.15, 0.2) is 5.75 Å². The van der Waals surface area contributed by atoms with Crippen molar-refractivity contribution in [3.63, 3.8) is 0 Å². The zero-order valence-corrected chi connectivity index (χ0v) is 17.5. The fourth-order valence-corrected chi connectivity index (χ4v) is 3.45. The van der Waals surface area contributed by atoms with E-state index in [2.05, 4.69) is 4.74 Å². The summed E-state index contributed by atoms with van der Waals surface area (Å²) >= 11 is 0. The van der Waals surface area contributed by atoms with Crippen LogP contribution in [0, 0.1) is 11.2 Å². The van der Waals surface area contributed by atoms with Crippen LogP contribution in [0.2, 0.25) is 0 Å². The van der Waals surface area contributed by atoms with Gasteiger partial charge in [0.1, 0.15) is 22.7 Å². The predicted molar refractivity (Wildman–Crippen MR) is 114 cm³/mol. The smallest absolute Gasteiger partial charge is 0.455 e. The number of rotatable bonds is 7. The third-order valence-corrected chi connectivity index (χ3v) is 5.29. The van der Waals surface area contributed by atoms with Crippen LogP contribution in [0.1, 0.15) is 12.8 Å². The lowest BCUT2D eigenvalue weighted by atomic mass is 10.0. The minimum Gasteiger partial charge on any atom is -0.455 e. The van der Waals surface area contributed by atoms with E-state index >= 15 is 0 Å². The van der Waals surface area contributed by atoms with E-state index in [0.717, 1.165) is 24.3 Å². The summed E-state index contributed by atoms with van der Waals surface area (Å²) in [6, 6.07) is 16.2. The Balaban J connectivity index is 1.74. The second-order valence-electron chi connectivity index (χ2n) is 7.66. The molecule has 0 heterocycles. The normalized spacial score (nSPS) is 14.2. The summed E-state index contributed by atoms with van der Waals surface area (Å²) in [6.45, 7) is 0. The molecule has 1 saturated carbocycles. The Bertz CT molecular complexity index is 1220. The van der Waals surface area contributed by atoms with Crippen molar-refractivity contribution in [2.75, 3.05) is 4.90 Å². The van der Waals surface area contributed by atoms with E-state index in [-0.39, 0.29) is 35.7 Å². The van der Waals surface area contributed by atoms with Crippen molar-refractivity contribution >= 4 is 23.2 Å². The van der Waals surface area contributed by atoms with Gasteiger partial charge in [-0.15, -0.1) is 13.2 Å². The number of carbonyl (C=O) groups excluding carboxylic acids is 2. The fraction of sp³-hybridized carbons (Fsp3) is 0.167. The van der Waals surface area contributed by atoms with Crippen molar-refractivity contribution in [2.45, 2.75) is 19.2 Å². The highest BCUT2D eigenvalue weighted by Crippen LogP contribution is 2.50. The van der Waals surface area contributed by atoms with Gasteiger partial charge in [-0.2, -0.15) is 0 Å². The van der Waals surface area contributed by atoms with Crippen molar-refractivity contribution in [3.05, 3.63) is 78.6 Å². The number of halogens is 4. The second kappa shape index (κ2) is 8.69. The van der Waals surface area contributed by atoms with E-state index in [0.29, 0.717) is 0 Å². The molecule has 0 saturated heterocycles. The number of alkyl halides is 3. The number of anilines is 2. The van der Waals surface area contributed by atoms with Gasteiger partial charge >= 0.3 is 6.36 Å². The van der Waals surface area contributed by atoms with Crippen molar-refractivity contribution in [1.82, 2.24) is 0 Å². The molecule has 10 heteroatoms. The van der Waals surface area contributed by atoms with Crippen LogP contribution in [0.5, 0.6) is 17.2 Å². The molecule has 0 unspecified atom stereocenters. The number of carbonyl (C=O) groups is 2. The average molecular weight is 474 g/mol. The van der Waals surface area contributed by atoms with Gasteiger partial charge in [-0.3, -0.25) is 14.5 Å².